The zero-order chi connectivity index (χ0) is 21.2. The van der Waals surface area contributed by atoms with Crippen LogP contribution in [0.5, 0.6) is 0 Å². The number of carbonyl (C=O) groups excluding carboxylic acids is 2. The second kappa shape index (κ2) is 8.33. The van der Waals surface area contributed by atoms with E-state index < -0.39 is 11.4 Å². The highest BCUT2D eigenvalue weighted by Gasteiger charge is 2.55. The third-order valence-corrected chi connectivity index (χ3v) is 7.24. The Labute approximate surface area is 174 Å². The van der Waals surface area contributed by atoms with Crippen LogP contribution in [0.1, 0.15) is 76.0 Å². The number of fused-ring (bicyclic) bond motifs is 3. The molecular weight excluding hydrogens is 364 g/mol. The summed E-state index contributed by atoms with van der Waals surface area (Å²) in [6.45, 7) is 12.4. The van der Waals surface area contributed by atoms with Crippen molar-refractivity contribution in [3.05, 3.63) is 47.5 Å². The molecule has 0 amide bonds. The molecule has 0 bridgehead atoms. The van der Waals surface area contributed by atoms with Crippen molar-refractivity contribution in [2.24, 2.45) is 11.3 Å². The van der Waals surface area contributed by atoms with Gasteiger partial charge in [0.05, 0.1) is 5.41 Å². The lowest BCUT2D eigenvalue weighted by atomic mass is 9.49. The molecule has 0 radical (unpaired) electrons. The Hall–Kier alpha value is -2.10. The lowest BCUT2D eigenvalue weighted by Gasteiger charge is -2.54. The molecule has 0 aliphatic heterocycles. The van der Waals surface area contributed by atoms with E-state index in [1.807, 2.05) is 0 Å². The first-order valence-electron chi connectivity index (χ1n) is 10.8. The Bertz CT molecular complexity index is 796. The molecule has 0 aromatic heterocycles. The Balaban J connectivity index is 1.78. The molecule has 1 fully saturated rings. The van der Waals surface area contributed by atoms with Crippen LogP contribution in [0, 0.1) is 11.3 Å². The maximum atomic E-state index is 13.1. The minimum Gasteiger partial charge on any atom is -0.462 e. The molecule has 0 N–H and O–H groups in total. The minimum absolute atomic E-state index is 0.00951. The third kappa shape index (κ3) is 3.99. The maximum Gasteiger partial charge on any atom is 0.330 e. The minimum atomic E-state index is -0.510. The van der Waals surface area contributed by atoms with Gasteiger partial charge in [0.1, 0.15) is 13.2 Å². The van der Waals surface area contributed by atoms with E-state index in [-0.39, 0.29) is 30.5 Å². The molecule has 2 aliphatic rings. The second-order valence-corrected chi connectivity index (χ2v) is 9.36. The predicted molar refractivity (Wildman–Crippen MR) is 114 cm³/mol. The van der Waals surface area contributed by atoms with Gasteiger partial charge in [0, 0.05) is 6.08 Å². The Morgan fingerprint density at radius 1 is 1.21 bits per heavy atom. The van der Waals surface area contributed by atoms with Crippen molar-refractivity contribution in [3.8, 4) is 0 Å². The third-order valence-electron chi connectivity index (χ3n) is 7.24. The second-order valence-electron chi connectivity index (χ2n) is 9.36. The molecule has 158 valence electrons. The molecule has 0 heterocycles. The van der Waals surface area contributed by atoms with Crippen molar-refractivity contribution in [3.63, 3.8) is 0 Å². The normalized spacial score (nSPS) is 28.2. The molecule has 3 rings (SSSR count). The average molecular weight is 399 g/mol. The topological polar surface area (TPSA) is 52.6 Å². The molecule has 1 saturated carbocycles. The van der Waals surface area contributed by atoms with Gasteiger partial charge in [0.15, 0.2) is 0 Å². The van der Waals surface area contributed by atoms with Gasteiger partial charge in [-0.15, -0.1) is 0 Å². The van der Waals surface area contributed by atoms with Crippen LogP contribution in [0.2, 0.25) is 0 Å². The fourth-order valence-corrected chi connectivity index (χ4v) is 5.62. The molecule has 3 atom stereocenters. The van der Waals surface area contributed by atoms with E-state index in [0.717, 1.165) is 38.2 Å². The standard InChI is InChI=1S/C25H34O4/c1-6-22(26)28-14-15-29-23(27)25(5)13-7-12-24(4)20-10-8-18(17(2)3)16-19(20)9-11-21(24)25/h6,8,10,16-17,21H,1,7,9,11-15H2,2-5H3/t21?,24-,25-/m1/s1. The van der Waals surface area contributed by atoms with Crippen molar-refractivity contribution in [2.45, 2.75) is 71.1 Å². The monoisotopic (exact) mass is 398 g/mol. The van der Waals surface area contributed by atoms with Crippen LogP contribution < -0.4 is 0 Å². The summed E-state index contributed by atoms with van der Waals surface area (Å²) < 4.78 is 10.5. The van der Waals surface area contributed by atoms with Crippen LogP contribution in [-0.4, -0.2) is 25.2 Å². The summed E-state index contributed by atoms with van der Waals surface area (Å²) in [6, 6.07) is 6.94. The first kappa shape index (κ1) is 21.6. The highest BCUT2D eigenvalue weighted by atomic mass is 16.6. The number of esters is 2. The van der Waals surface area contributed by atoms with Crippen LogP contribution in [-0.2, 0) is 30.9 Å². The van der Waals surface area contributed by atoms with Gasteiger partial charge >= 0.3 is 11.9 Å². The summed E-state index contributed by atoms with van der Waals surface area (Å²) in [7, 11) is 0. The summed E-state index contributed by atoms with van der Waals surface area (Å²) in [5.41, 5.74) is 3.73. The van der Waals surface area contributed by atoms with E-state index in [4.69, 9.17) is 9.47 Å². The van der Waals surface area contributed by atoms with E-state index in [1.54, 1.807) is 0 Å². The van der Waals surface area contributed by atoms with Crippen molar-refractivity contribution in [1.29, 1.82) is 0 Å². The molecule has 4 heteroatoms. The molecule has 0 saturated heterocycles. The van der Waals surface area contributed by atoms with Crippen LogP contribution in [0.3, 0.4) is 0 Å². The number of rotatable bonds is 6. The zero-order valence-electron chi connectivity index (χ0n) is 18.3. The van der Waals surface area contributed by atoms with Crippen LogP contribution in [0.4, 0.5) is 0 Å². The summed E-state index contributed by atoms with van der Waals surface area (Å²) in [6.07, 6.45) is 6.08. The molecule has 1 unspecified atom stereocenters. The first-order chi connectivity index (χ1) is 13.7. The van der Waals surface area contributed by atoms with Gasteiger partial charge in [0.25, 0.3) is 0 Å². The van der Waals surface area contributed by atoms with Gasteiger partial charge in [0.2, 0.25) is 0 Å². The van der Waals surface area contributed by atoms with E-state index >= 15 is 0 Å². The smallest absolute Gasteiger partial charge is 0.330 e. The summed E-state index contributed by atoms with van der Waals surface area (Å²) in [4.78, 5) is 24.3. The van der Waals surface area contributed by atoms with E-state index in [0.29, 0.717) is 5.92 Å². The Kier molecular flexibility index (Phi) is 6.21. The molecule has 1 aromatic rings. The zero-order valence-corrected chi connectivity index (χ0v) is 18.3. The lowest BCUT2D eigenvalue weighted by Crippen LogP contribution is -2.53. The van der Waals surface area contributed by atoms with Gasteiger partial charge in [-0.1, -0.05) is 52.0 Å². The van der Waals surface area contributed by atoms with Crippen LogP contribution >= 0.6 is 0 Å². The molecule has 1 aromatic carbocycles. The predicted octanol–water partition coefficient (Wildman–Crippen LogP) is 5.09. The lowest BCUT2D eigenvalue weighted by molar-refractivity contribution is -0.167. The highest BCUT2D eigenvalue weighted by Crippen LogP contribution is 2.57. The fraction of sp³-hybridized carbons (Fsp3) is 0.600. The number of carbonyl (C=O) groups is 2. The maximum absolute atomic E-state index is 13.1. The molecular formula is C25H34O4. The average Bonchev–Trinajstić information content (AvgIpc) is 2.70. The SMILES string of the molecule is C=CC(=O)OCCOC(=O)[C@]1(C)CCC[C@]2(C)c3ccc(C(C)C)cc3CCC12. The van der Waals surface area contributed by atoms with Gasteiger partial charge in [-0.05, 0) is 66.5 Å². The summed E-state index contributed by atoms with van der Waals surface area (Å²) >= 11 is 0. The van der Waals surface area contributed by atoms with Gasteiger partial charge in [-0.25, -0.2) is 4.79 Å². The van der Waals surface area contributed by atoms with Gasteiger partial charge in [-0.2, -0.15) is 0 Å². The number of benzene rings is 1. The van der Waals surface area contributed by atoms with Crippen molar-refractivity contribution >= 4 is 11.9 Å². The molecule has 29 heavy (non-hydrogen) atoms. The Morgan fingerprint density at radius 2 is 1.93 bits per heavy atom. The number of hydrogen-bond donors (Lipinski definition) is 0. The largest absolute Gasteiger partial charge is 0.462 e. The molecule has 4 nitrogen and oxygen atoms in total. The Morgan fingerprint density at radius 3 is 2.62 bits per heavy atom. The van der Waals surface area contributed by atoms with Gasteiger partial charge in [-0.3, -0.25) is 4.79 Å². The number of aryl methyl sites for hydroxylation is 1. The van der Waals surface area contributed by atoms with Crippen LogP contribution in [0.25, 0.3) is 0 Å². The fourth-order valence-electron chi connectivity index (χ4n) is 5.62. The first-order valence-corrected chi connectivity index (χ1v) is 10.8. The number of ether oxygens (including phenoxy) is 2. The van der Waals surface area contributed by atoms with Crippen molar-refractivity contribution < 1.29 is 19.1 Å². The van der Waals surface area contributed by atoms with Crippen molar-refractivity contribution in [2.75, 3.05) is 13.2 Å². The number of hydrogen-bond acceptors (Lipinski definition) is 4. The van der Waals surface area contributed by atoms with Crippen molar-refractivity contribution in [1.82, 2.24) is 0 Å². The summed E-state index contributed by atoms with van der Waals surface area (Å²) in [5, 5.41) is 0. The summed E-state index contributed by atoms with van der Waals surface area (Å²) in [5.74, 6) is 0.115. The van der Waals surface area contributed by atoms with E-state index in [9.17, 15) is 9.59 Å². The van der Waals surface area contributed by atoms with Gasteiger partial charge < -0.3 is 9.47 Å². The molecule has 0 spiro atoms. The van der Waals surface area contributed by atoms with Crippen LogP contribution in [0.15, 0.2) is 30.9 Å². The van der Waals surface area contributed by atoms with E-state index in [2.05, 4.69) is 52.5 Å². The highest BCUT2D eigenvalue weighted by molar-refractivity contribution is 5.81. The van der Waals surface area contributed by atoms with E-state index in [1.165, 1.54) is 16.7 Å². The molecule has 2 aliphatic carbocycles. The quantitative estimate of drug-likeness (QED) is 0.380.